The highest BCUT2D eigenvalue weighted by atomic mass is 16.5. The van der Waals surface area contributed by atoms with E-state index in [0.29, 0.717) is 42.6 Å². The van der Waals surface area contributed by atoms with Gasteiger partial charge in [-0.2, -0.15) is 0 Å². The summed E-state index contributed by atoms with van der Waals surface area (Å²) in [7, 11) is 1.65. The van der Waals surface area contributed by atoms with Crippen LogP contribution in [0.2, 0.25) is 0 Å². The van der Waals surface area contributed by atoms with Gasteiger partial charge in [0.1, 0.15) is 0 Å². The van der Waals surface area contributed by atoms with Gasteiger partial charge in [0.25, 0.3) is 5.56 Å². The first-order valence-electron chi connectivity index (χ1n) is 13.7. The van der Waals surface area contributed by atoms with Crippen molar-refractivity contribution in [1.29, 1.82) is 0 Å². The van der Waals surface area contributed by atoms with Crippen LogP contribution in [0.15, 0.2) is 53.6 Å². The molecule has 3 atom stereocenters. The van der Waals surface area contributed by atoms with E-state index in [2.05, 4.69) is 41.5 Å². The first-order chi connectivity index (χ1) is 18.4. The minimum Gasteiger partial charge on any atom is -0.376 e. The van der Waals surface area contributed by atoms with Crippen LogP contribution >= 0.6 is 0 Å². The fourth-order valence-electron chi connectivity index (χ4n) is 5.64. The summed E-state index contributed by atoms with van der Waals surface area (Å²) in [5.74, 6) is -0.540. The van der Waals surface area contributed by atoms with Gasteiger partial charge < -0.3 is 19.5 Å². The number of likely N-dealkylation sites (tertiary alicyclic amines) is 1. The molecule has 2 aliphatic heterocycles. The van der Waals surface area contributed by atoms with Crippen LogP contribution in [0.1, 0.15) is 50.2 Å². The zero-order valence-corrected chi connectivity index (χ0v) is 22.2. The average Bonchev–Trinajstić information content (AvgIpc) is 3.40. The minimum absolute atomic E-state index is 0.00892. The number of hydrogen-bond acceptors (Lipinski definition) is 5. The Kier molecular flexibility index (Phi) is 7.88. The molecule has 1 aromatic heterocycles. The summed E-state index contributed by atoms with van der Waals surface area (Å²) in [5, 5.41) is 3.41. The predicted octanol–water partition coefficient (Wildman–Crippen LogP) is 3.85. The number of aromatic nitrogens is 2. The van der Waals surface area contributed by atoms with E-state index in [1.165, 1.54) is 35.7 Å². The molecule has 0 radical (unpaired) electrons. The number of ether oxygens (including phenoxy) is 1. The summed E-state index contributed by atoms with van der Waals surface area (Å²) < 4.78 is 7.35. The summed E-state index contributed by atoms with van der Waals surface area (Å²) in [4.78, 5) is 45.4. The molecule has 8 heteroatoms. The van der Waals surface area contributed by atoms with Crippen LogP contribution in [0.5, 0.6) is 0 Å². The predicted molar refractivity (Wildman–Crippen MR) is 147 cm³/mol. The second kappa shape index (κ2) is 11.5. The molecule has 3 aromatic rings. The number of anilines is 1. The van der Waals surface area contributed by atoms with Crippen molar-refractivity contribution in [2.75, 3.05) is 18.5 Å². The van der Waals surface area contributed by atoms with E-state index in [1.807, 2.05) is 4.90 Å². The van der Waals surface area contributed by atoms with Crippen molar-refractivity contribution in [1.82, 2.24) is 14.5 Å². The number of fused-ring (bicyclic) bond motifs is 2. The monoisotopic (exact) mass is 516 g/mol. The van der Waals surface area contributed by atoms with Crippen molar-refractivity contribution >= 4 is 28.4 Å². The van der Waals surface area contributed by atoms with Gasteiger partial charge in [-0.15, -0.1) is 0 Å². The lowest BCUT2D eigenvalue weighted by Gasteiger charge is -2.40. The SMILES string of the molecule is CCCCCc1ccc(CC(=O)N2CC(C(=O)Nc3ccc4ncn(C)c(=O)c4c3)C[C@@H]3OCC[C@@H]32)cc1. The summed E-state index contributed by atoms with van der Waals surface area (Å²) in [6.07, 6.45) is 7.70. The first kappa shape index (κ1) is 26.1. The Morgan fingerprint density at radius 2 is 1.89 bits per heavy atom. The highest BCUT2D eigenvalue weighted by Crippen LogP contribution is 2.32. The molecule has 0 aliphatic carbocycles. The van der Waals surface area contributed by atoms with Gasteiger partial charge in [-0.25, -0.2) is 4.98 Å². The summed E-state index contributed by atoms with van der Waals surface area (Å²) in [5.41, 5.74) is 3.24. The first-order valence-corrected chi connectivity index (χ1v) is 13.7. The molecule has 200 valence electrons. The molecule has 2 amide bonds. The van der Waals surface area contributed by atoms with Crippen molar-refractivity contribution in [2.24, 2.45) is 13.0 Å². The summed E-state index contributed by atoms with van der Waals surface area (Å²) in [6.45, 7) is 3.16. The maximum atomic E-state index is 13.4. The Morgan fingerprint density at radius 3 is 2.68 bits per heavy atom. The number of aryl methyl sites for hydroxylation is 2. The van der Waals surface area contributed by atoms with Gasteiger partial charge in [0.2, 0.25) is 11.8 Å². The van der Waals surface area contributed by atoms with Crippen LogP contribution < -0.4 is 10.9 Å². The maximum absolute atomic E-state index is 13.4. The lowest BCUT2D eigenvalue weighted by Crippen LogP contribution is -2.54. The minimum atomic E-state index is -0.397. The van der Waals surface area contributed by atoms with E-state index >= 15 is 0 Å². The van der Waals surface area contributed by atoms with Crippen molar-refractivity contribution < 1.29 is 14.3 Å². The zero-order valence-electron chi connectivity index (χ0n) is 22.2. The molecule has 0 spiro atoms. The molecule has 2 aliphatic rings. The normalized spacial score (nSPS) is 20.9. The van der Waals surface area contributed by atoms with E-state index < -0.39 is 5.92 Å². The number of carbonyl (C=O) groups is 2. The highest BCUT2D eigenvalue weighted by Gasteiger charge is 2.44. The largest absolute Gasteiger partial charge is 0.376 e. The molecule has 2 saturated heterocycles. The number of nitrogens with zero attached hydrogens (tertiary/aromatic N) is 3. The Morgan fingerprint density at radius 1 is 1.11 bits per heavy atom. The Balaban J connectivity index is 1.26. The van der Waals surface area contributed by atoms with Crippen LogP contribution in [-0.4, -0.2) is 51.6 Å². The lowest BCUT2D eigenvalue weighted by atomic mass is 9.88. The molecule has 1 N–H and O–H groups in total. The topological polar surface area (TPSA) is 93.5 Å². The second-order valence-electron chi connectivity index (χ2n) is 10.6. The van der Waals surface area contributed by atoms with E-state index in [4.69, 9.17) is 4.74 Å². The second-order valence-corrected chi connectivity index (χ2v) is 10.6. The third kappa shape index (κ3) is 5.65. The van der Waals surface area contributed by atoms with Gasteiger partial charge in [-0.05, 0) is 55.0 Å². The molecule has 38 heavy (non-hydrogen) atoms. The molecule has 8 nitrogen and oxygen atoms in total. The number of carbonyl (C=O) groups excluding carboxylic acids is 2. The number of unbranched alkanes of at least 4 members (excludes halogenated alkanes) is 2. The zero-order chi connectivity index (χ0) is 26.6. The van der Waals surface area contributed by atoms with Crippen molar-refractivity contribution in [3.63, 3.8) is 0 Å². The third-order valence-corrected chi connectivity index (χ3v) is 7.83. The van der Waals surface area contributed by atoms with Gasteiger partial charge in [-0.1, -0.05) is 44.0 Å². The maximum Gasteiger partial charge on any atom is 0.260 e. The van der Waals surface area contributed by atoms with Crippen molar-refractivity contribution in [2.45, 2.75) is 64.0 Å². The number of amides is 2. The van der Waals surface area contributed by atoms with Gasteiger partial charge >= 0.3 is 0 Å². The quantitative estimate of drug-likeness (QED) is 0.459. The van der Waals surface area contributed by atoms with Crippen LogP contribution in [0, 0.1) is 5.92 Å². The smallest absolute Gasteiger partial charge is 0.260 e. The third-order valence-electron chi connectivity index (χ3n) is 7.83. The van der Waals surface area contributed by atoms with Gasteiger partial charge in [0, 0.05) is 25.9 Å². The number of rotatable bonds is 8. The van der Waals surface area contributed by atoms with Crippen LogP contribution in [0.25, 0.3) is 10.9 Å². The molecule has 3 heterocycles. The van der Waals surface area contributed by atoms with Gasteiger partial charge in [0.15, 0.2) is 0 Å². The summed E-state index contributed by atoms with van der Waals surface area (Å²) >= 11 is 0. The van der Waals surface area contributed by atoms with E-state index in [1.54, 1.807) is 25.2 Å². The molecule has 0 bridgehead atoms. The van der Waals surface area contributed by atoms with Crippen molar-refractivity contribution in [3.05, 3.63) is 70.3 Å². The molecular weight excluding hydrogens is 480 g/mol. The number of piperidine rings is 1. The molecule has 2 aromatic carbocycles. The van der Waals surface area contributed by atoms with Crippen LogP contribution in [0.3, 0.4) is 0 Å². The average molecular weight is 517 g/mol. The number of nitrogens with one attached hydrogen (secondary N) is 1. The fourth-order valence-corrected chi connectivity index (χ4v) is 5.64. The van der Waals surface area contributed by atoms with E-state index in [9.17, 15) is 14.4 Å². The lowest BCUT2D eigenvalue weighted by molar-refractivity contribution is -0.140. The van der Waals surface area contributed by atoms with E-state index in [-0.39, 0.29) is 29.5 Å². The molecule has 5 rings (SSSR count). The fraction of sp³-hybridized carbons (Fsp3) is 0.467. The summed E-state index contributed by atoms with van der Waals surface area (Å²) in [6, 6.07) is 13.5. The Hall–Kier alpha value is -3.52. The van der Waals surface area contributed by atoms with Crippen LogP contribution in [0.4, 0.5) is 5.69 Å². The highest BCUT2D eigenvalue weighted by molar-refractivity contribution is 5.95. The van der Waals surface area contributed by atoms with Gasteiger partial charge in [-0.3, -0.25) is 14.4 Å². The Bertz CT molecular complexity index is 1370. The standard InChI is InChI=1S/C30H36N4O4/c1-3-4-5-6-20-7-9-21(10-8-20)15-28(35)34-18-22(16-27-26(34)13-14-38-27)29(36)32-23-11-12-25-24(17-23)30(37)33(2)19-31-25/h7-12,17,19,22,26-27H,3-6,13-16,18H2,1-2H3,(H,32,36)/t22?,26-,27-/m0/s1. The number of benzene rings is 2. The van der Waals surface area contributed by atoms with Crippen LogP contribution in [-0.2, 0) is 34.2 Å². The van der Waals surface area contributed by atoms with Crippen molar-refractivity contribution in [3.8, 4) is 0 Å². The van der Waals surface area contributed by atoms with E-state index in [0.717, 1.165) is 18.4 Å². The Labute approximate surface area is 223 Å². The molecule has 0 saturated carbocycles. The molecule has 1 unspecified atom stereocenters. The molecular formula is C30H36N4O4. The molecule has 2 fully saturated rings. The number of hydrogen-bond donors (Lipinski definition) is 1. The van der Waals surface area contributed by atoms with Gasteiger partial charge in [0.05, 0.1) is 41.7 Å².